The number of urea groups is 1. The van der Waals surface area contributed by atoms with Crippen molar-refractivity contribution >= 4 is 40.1 Å². The number of carbonyl (C=O) groups is 3. The third-order valence-electron chi connectivity index (χ3n) is 3.92. The number of esters is 1. The minimum absolute atomic E-state index is 0.388. The second kappa shape index (κ2) is 8.50. The van der Waals surface area contributed by atoms with Crippen LogP contribution in [-0.2, 0) is 16.0 Å². The van der Waals surface area contributed by atoms with Crippen molar-refractivity contribution < 1.29 is 19.1 Å². The standard InChI is InChI=1S/C19H19N3O4S/c1-12-17(14-6-2-3-7-15(14)21-12)18(24)26-11-16(23)22-19(25)20-9-8-13-5-4-10-27-13/h2-7,10,21H,8-9,11H2,1H3,(H2,20,22,23,25). The molecule has 0 bridgehead atoms. The fourth-order valence-electron chi connectivity index (χ4n) is 2.70. The zero-order valence-corrected chi connectivity index (χ0v) is 15.5. The normalized spacial score (nSPS) is 10.6. The molecular weight excluding hydrogens is 366 g/mol. The molecule has 0 fully saturated rings. The molecule has 7 nitrogen and oxygen atoms in total. The largest absolute Gasteiger partial charge is 0.452 e. The Morgan fingerprint density at radius 1 is 1.15 bits per heavy atom. The fraction of sp³-hybridized carbons (Fsp3) is 0.211. The Kier molecular flexibility index (Phi) is 5.87. The number of amides is 3. The van der Waals surface area contributed by atoms with Gasteiger partial charge in [-0.3, -0.25) is 10.1 Å². The summed E-state index contributed by atoms with van der Waals surface area (Å²) in [6.07, 6.45) is 0.689. The Hall–Kier alpha value is -3.13. The van der Waals surface area contributed by atoms with Crippen LogP contribution in [0.2, 0.25) is 0 Å². The minimum Gasteiger partial charge on any atom is -0.452 e. The van der Waals surface area contributed by atoms with Gasteiger partial charge in [0.05, 0.1) is 5.56 Å². The summed E-state index contributed by atoms with van der Waals surface area (Å²) in [6.45, 7) is 1.64. The van der Waals surface area contributed by atoms with Gasteiger partial charge in [0.25, 0.3) is 5.91 Å². The highest BCUT2D eigenvalue weighted by molar-refractivity contribution is 7.09. The lowest BCUT2D eigenvalue weighted by Gasteiger charge is -2.07. The summed E-state index contributed by atoms with van der Waals surface area (Å²) in [5.41, 5.74) is 1.86. The molecule has 0 radical (unpaired) electrons. The highest BCUT2D eigenvalue weighted by Gasteiger charge is 2.18. The van der Waals surface area contributed by atoms with Gasteiger partial charge < -0.3 is 15.0 Å². The maximum atomic E-state index is 12.3. The summed E-state index contributed by atoms with van der Waals surface area (Å²) in [4.78, 5) is 40.1. The van der Waals surface area contributed by atoms with Crippen molar-refractivity contribution in [2.75, 3.05) is 13.2 Å². The summed E-state index contributed by atoms with van der Waals surface area (Å²) in [7, 11) is 0. The Bertz CT molecular complexity index is 963. The van der Waals surface area contributed by atoms with Crippen LogP contribution in [0.15, 0.2) is 41.8 Å². The number of para-hydroxylation sites is 1. The summed E-state index contributed by atoms with van der Waals surface area (Å²) >= 11 is 1.60. The van der Waals surface area contributed by atoms with E-state index in [4.69, 9.17) is 4.74 Å². The van der Waals surface area contributed by atoms with Crippen molar-refractivity contribution in [1.29, 1.82) is 0 Å². The summed E-state index contributed by atoms with van der Waals surface area (Å²) < 4.78 is 5.05. The molecule has 0 atom stereocenters. The summed E-state index contributed by atoms with van der Waals surface area (Å²) in [6, 6.07) is 10.6. The van der Waals surface area contributed by atoms with Crippen molar-refractivity contribution in [3.05, 3.63) is 57.9 Å². The lowest BCUT2D eigenvalue weighted by Crippen LogP contribution is -2.42. The molecule has 0 saturated carbocycles. The van der Waals surface area contributed by atoms with Gasteiger partial charge in [-0.2, -0.15) is 0 Å². The number of H-pyrrole nitrogens is 1. The van der Waals surface area contributed by atoms with E-state index in [1.54, 1.807) is 24.3 Å². The van der Waals surface area contributed by atoms with E-state index in [1.165, 1.54) is 0 Å². The number of ether oxygens (including phenoxy) is 1. The Morgan fingerprint density at radius 3 is 2.74 bits per heavy atom. The molecule has 1 aromatic carbocycles. The van der Waals surface area contributed by atoms with Crippen LogP contribution in [0.5, 0.6) is 0 Å². The number of benzene rings is 1. The number of aryl methyl sites for hydroxylation is 1. The molecule has 0 aliphatic carbocycles. The Labute approximate surface area is 159 Å². The lowest BCUT2D eigenvalue weighted by molar-refractivity contribution is -0.123. The number of nitrogens with one attached hydrogen (secondary N) is 3. The quantitative estimate of drug-likeness (QED) is 0.568. The molecule has 2 aromatic heterocycles. The predicted molar refractivity (Wildman–Crippen MR) is 103 cm³/mol. The molecule has 0 saturated heterocycles. The third kappa shape index (κ3) is 4.73. The molecule has 3 rings (SSSR count). The zero-order chi connectivity index (χ0) is 19.2. The Balaban J connectivity index is 1.46. The van der Waals surface area contributed by atoms with Crippen molar-refractivity contribution in [2.24, 2.45) is 0 Å². The summed E-state index contributed by atoms with van der Waals surface area (Å²) in [5.74, 6) is -1.30. The minimum atomic E-state index is -0.686. The maximum absolute atomic E-state index is 12.3. The first-order valence-corrected chi connectivity index (χ1v) is 9.27. The topological polar surface area (TPSA) is 100 Å². The van der Waals surface area contributed by atoms with E-state index in [0.29, 0.717) is 24.2 Å². The average molecular weight is 385 g/mol. The number of carbonyl (C=O) groups excluding carboxylic acids is 3. The van der Waals surface area contributed by atoms with Crippen molar-refractivity contribution in [3.63, 3.8) is 0 Å². The summed E-state index contributed by atoms with van der Waals surface area (Å²) in [5, 5.41) is 7.42. The van der Waals surface area contributed by atoms with Crippen LogP contribution in [0.25, 0.3) is 10.9 Å². The first-order valence-electron chi connectivity index (χ1n) is 8.39. The molecule has 3 aromatic rings. The fourth-order valence-corrected chi connectivity index (χ4v) is 3.41. The van der Waals surface area contributed by atoms with E-state index < -0.39 is 24.5 Å². The lowest BCUT2D eigenvalue weighted by atomic mass is 10.1. The molecule has 0 unspecified atom stereocenters. The second-order valence-electron chi connectivity index (χ2n) is 5.88. The zero-order valence-electron chi connectivity index (χ0n) is 14.7. The van der Waals surface area contributed by atoms with E-state index in [1.807, 2.05) is 35.7 Å². The predicted octanol–water partition coefficient (Wildman–Crippen LogP) is 2.76. The van der Waals surface area contributed by atoms with Crippen LogP contribution in [0.3, 0.4) is 0 Å². The number of fused-ring (bicyclic) bond motifs is 1. The molecule has 0 spiro atoms. The number of rotatable bonds is 6. The van der Waals surface area contributed by atoms with E-state index in [-0.39, 0.29) is 0 Å². The van der Waals surface area contributed by atoms with Gasteiger partial charge in [-0.25, -0.2) is 9.59 Å². The van der Waals surface area contributed by atoms with Crippen molar-refractivity contribution in [3.8, 4) is 0 Å². The van der Waals surface area contributed by atoms with Crippen molar-refractivity contribution in [1.82, 2.24) is 15.6 Å². The van der Waals surface area contributed by atoms with Gasteiger partial charge in [0, 0.05) is 28.0 Å². The molecule has 140 valence electrons. The number of hydrogen-bond donors (Lipinski definition) is 3. The second-order valence-corrected chi connectivity index (χ2v) is 6.91. The van der Waals surface area contributed by atoms with E-state index >= 15 is 0 Å². The van der Waals surface area contributed by atoms with E-state index in [9.17, 15) is 14.4 Å². The van der Waals surface area contributed by atoms with Crippen LogP contribution >= 0.6 is 11.3 Å². The van der Waals surface area contributed by atoms with Crippen LogP contribution < -0.4 is 10.6 Å². The highest BCUT2D eigenvalue weighted by Crippen LogP contribution is 2.22. The molecule has 27 heavy (non-hydrogen) atoms. The molecule has 3 amide bonds. The smallest absolute Gasteiger partial charge is 0.341 e. The van der Waals surface area contributed by atoms with Gasteiger partial charge in [-0.05, 0) is 30.9 Å². The van der Waals surface area contributed by atoms with Gasteiger partial charge in [-0.1, -0.05) is 24.3 Å². The maximum Gasteiger partial charge on any atom is 0.341 e. The average Bonchev–Trinajstić information content (AvgIpc) is 3.26. The number of imide groups is 1. The van der Waals surface area contributed by atoms with Gasteiger partial charge in [0.1, 0.15) is 0 Å². The van der Waals surface area contributed by atoms with Crippen LogP contribution in [-0.4, -0.2) is 36.0 Å². The van der Waals surface area contributed by atoms with Crippen LogP contribution in [0, 0.1) is 6.92 Å². The van der Waals surface area contributed by atoms with Gasteiger partial charge in [-0.15, -0.1) is 11.3 Å². The van der Waals surface area contributed by atoms with Gasteiger partial charge >= 0.3 is 12.0 Å². The van der Waals surface area contributed by atoms with Gasteiger partial charge in [0.2, 0.25) is 0 Å². The molecular formula is C19H19N3O4S. The van der Waals surface area contributed by atoms with Crippen LogP contribution in [0.4, 0.5) is 4.79 Å². The third-order valence-corrected chi connectivity index (χ3v) is 4.86. The number of aromatic amines is 1. The Morgan fingerprint density at radius 2 is 1.96 bits per heavy atom. The SMILES string of the molecule is Cc1[nH]c2ccccc2c1C(=O)OCC(=O)NC(=O)NCCc1cccs1. The number of aromatic nitrogens is 1. The van der Waals surface area contributed by atoms with E-state index in [2.05, 4.69) is 15.6 Å². The highest BCUT2D eigenvalue weighted by atomic mass is 32.1. The van der Waals surface area contributed by atoms with Gasteiger partial charge in [0.15, 0.2) is 6.61 Å². The number of hydrogen-bond acceptors (Lipinski definition) is 5. The molecule has 8 heteroatoms. The van der Waals surface area contributed by atoms with Crippen molar-refractivity contribution in [2.45, 2.75) is 13.3 Å². The van der Waals surface area contributed by atoms with E-state index in [0.717, 1.165) is 15.8 Å². The molecule has 0 aliphatic heterocycles. The monoisotopic (exact) mass is 385 g/mol. The molecule has 2 heterocycles. The number of thiophene rings is 1. The first-order chi connectivity index (χ1) is 13.0. The first kappa shape index (κ1) is 18.7. The molecule has 0 aliphatic rings. The molecule has 3 N–H and O–H groups in total. The van der Waals surface area contributed by atoms with Crippen LogP contribution in [0.1, 0.15) is 20.9 Å².